The maximum absolute atomic E-state index is 14.7. The van der Waals surface area contributed by atoms with Gasteiger partial charge in [-0.05, 0) is 62.5 Å². The van der Waals surface area contributed by atoms with Gasteiger partial charge in [-0.25, -0.2) is 0 Å². The highest BCUT2D eigenvalue weighted by Gasteiger charge is 2.63. The van der Waals surface area contributed by atoms with Gasteiger partial charge in [0.05, 0.1) is 17.2 Å². The number of primary amides is 1. The number of benzene rings is 2. The van der Waals surface area contributed by atoms with Crippen LogP contribution in [-0.2, 0) is 28.7 Å². The number of amides is 1. The van der Waals surface area contributed by atoms with E-state index in [1.807, 2.05) is 12.1 Å². The molecule has 5 atom stereocenters. The fraction of sp³-hybridized carbons (Fsp3) is 0.387. The average molecular weight is 616 g/mol. The van der Waals surface area contributed by atoms with Crippen LogP contribution in [-0.4, -0.2) is 68.5 Å². The number of aromatic hydroxyl groups is 1. The van der Waals surface area contributed by atoms with Crippen LogP contribution in [0.1, 0.15) is 52.0 Å². The van der Waals surface area contributed by atoms with Crippen molar-refractivity contribution >= 4 is 17.5 Å². The molecule has 1 unspecified atom stereocenters. The van der Waals surface area contributed by atoms with E-state index in [9.17, 15) is 48.0 Å². The number of allylic oxidation sites excluding steroid dienone is 1. The molecule has 0 fully saturated rings. The minimum Gasteiger partial charge on any atom is -0.510 e. The second-order valence-electron chi connectivity index (χ2n) is 11.8. The summed E-state index contributed by atoms with van der Waals surface area (Å²) in [7, 11) is 2.92. The minimum atomic E-state index is -4.94. The second-order valence-corrected chi connectivity index (χ2v) is 11.8. The summed E-state index contributed by atoms with van der Waals surface area (Å²) in [6.07, 6.45) is -5.73. The number of phenols is 1. The summed E-state index contributed by atoms with van der Waals surface area (Å²) in [6.45, 7) is 1.47. The Labute approximate surface area is 250 Å². The Hall–Kier alpha value is -4.20. The van der Waals surface area contributed by atoms with Crippen LogP contribution in [0, 0.1) is 11.8 Å². The number of carbonyl (C=O) groups is 3. The number of fused-ring (bicyclic) bond motifs is 3. The maximum atomic E-state index is 14.7. The molecule has 0 heterocycles. The highest BCUT2D eigenvalue weighted by molar-refractivity contribution is 6.24. The molecular formula is C31H32F3N3O7. The van der Waals surface area contributed by atoms with Gasteiger partial charge in [0.2, 0.25) is 5.78 Å². The van der Waals surface area contributed by atoms with Gasteiger partial charge in [-0.15, -0.1) is 0 Å². The number of ketones is 2. The van der Waals surface area contributed by atoms with Gasteiger partial charge in [-0.1, -0.05) is 30.3 Å². The monoisotopic (exact) mass is 615 g/mol. The van der Waals surface area contributed by atoms with E-state index in [2.05, 4.69) is 5.32 Å². The third-order valence-corrected chi connectivity index (χ3v) is 8.99. The number of nitrogens with one attached hydrogen (secondary N) is 1. The van der Waals surface area contributed by atoms with Crippen LogP contribution in [0.25, 0.3) is 0 Å². The molecular weight excluding hydrogens is 583 g/mol. The van der Waals surface area contributed by atoms with Crippen molar-refractivity contribution in [1.29, 1.82) is 0 Å². The molecule has 44 heavy (non-hydrogen) atoms. The second kappa shape index (κ2) is 10.8. The normalized spacial score (nSPS) is 26.0. The lowest BCUT2D eigenvalue weighted by atomic mass is 9.58. The Bertz CT molecular complexity index is 1630. The molecule has 7 N–H and O–H groups in total. The van der Waals surface area contributed by atoms with Crippen molar-refractivity contribution in [2.45, 2.75) is 50.2 Å². The van der Waals surface area contributed by atoms with E-state index in [0.717, 1.165) is 11.6 Å². The van der Waals surface area contributed by atoms with Crippen LogP contribution in [0.3, 0.4) is 0 Å². The van der Waals surface area contributed by atoms with Crippen molar-refractivity contribution < 1.29 is 48.0 Å². The number of alkyl halides is 3. The van der Waals surface area contributed by atoms with E-state index >= 15 is 0 Å². The molecule has 234 valence electrons. The van der Waals surface area contributed by atoms with Crippen LogP contribution in [0.15, 0.2) is 59.1 Å². The number of nitrogens with two attached hydrogens (primary N) is 1. The Morgan fingerprint density at radius 2 is 1.80 bits per heavy atom. The van der Waals surface area contributed by atoms with E-state index in [-0.39, 0.29) is 24.6 Å². The van der Waals surface area contributed by atoms with Crippen LogP contribution < -0.4 is 11.1 Å². The van der Waals surface area contributed by atoms with Gasteiger partial charge in [0.25, 0.3) is 5.91 Å². The van der Waals surface area contributed by atoms with Crippen molar-refractivity contribution in [3.05, 3.63) is 86.9 Å². The number of aliphatic hydroxyl groups is 3. The van der Waals surface area contributed by atoms with Crippen molar-refractivity contribution in [2.75, 3.05) is 14.1 Å². The fourth-order valence-electron chi connectivity index (χ4n) is 7.01. The number of halogens is 3. The summed E-state index contributed by atoms with van der Waals surface area (Å²) in [5, 5.41) is 47.8. The van der Waals surface area contributed by atoms with Crippen molar-refractivity contribution in [3.8, 4) is 5.75 Å². The van der Waals surface area contributed by atoms with E-state index < -0.39 is 98.7 Å². The lowest BCUT2D eigenvalue weighted by molar-refractivity contribution is -0.148. The predicted octanol–water partition coefficient (Wildman–Crippen LogP) is 2.99. The molecule has 0 bridgehead atoms. The number of Topliss-reactive ketones (excluding diaryl/α,β-unsaturated/α-hetero) is 2. The van der Waals surface area contributed by atoms with Crippen molar-refractivity contribution in [2.24, 2.45) is 17.6 Å². The zero-order chi connectivity index (χ0) is 32.5. The van der Waals surface area contributed by atoms with E-state index in [0.29, 0.717) is 0 Å². The first-order valence-electron chi connectivity index (χ1n) is 13.9. The third-order valence-electron chi connectivity index (χ3n) is 8.99. The van der Waals surface area contributed by atoms with E-state index in [1.165, 1.54) is 19.0 Å². The lowest BCUT2D eigenvalue weighted by Crippen LogP contribution is -2.63. The van der Waals surface area contributed by atoms with E-state index in [1.54, 1.807) is 25.1 Å². The Morgan fingerprint density at radius 3 is 2.36 bits per heavy atom. The van der Waals surface area contributed by atoms with Gasteiger partial charge in [0.15, 0.2) is 11.4 Å². The SMILES string of the molecule is CC(NCc1cc(O)c2c(c1C(F)(F)F)C[C@H]1C[C@H]3[C@H](N(C)C)C(O)=C(C(N)=O)C(=O)[C@@]3(O)C(O)=C1C2=O)c1ccccc1. The molecule has 1 amide bonds. The lowest BCUT2D eigenvalue weighted by Gasteiger charge is -2.50. The number of aliphatic hydroxyl groups excluding tert-OH is 2. The highest BCUT2D eigenvalue weighted by Crippen LogP contribution is 2.53. The Kier molecular flexibility index (Phi) is 7.63. The smallest absolute Gasteiger partial charge is 0.417 e. The molecule has 0 saturated heterocycles. The van der Waals surface area contributed by atoms with Crippen LogP contribution in [0.5, 0.6) is 5.75 Å². The molecule has 0 aromatic heterocycles. The average Bonchev–Trinajstić information content (AvgIpc) is 2.92. The van der Waals surface area contributed by atoms with Crippen molar-refractivity contribution in [1.82, 2.24) is 10.2 Å². The number of nitrogens with zero attached hydrogens (tertiary/aromatic N) is 1. The molecule has 2 aromatic carbocycles. The molecule has 0 aliphatic heterocycles. The predicted molar refractivity (Wildman–Crippen MR) is 150 cm³/mol. The van der Waals surface area contributed by atoms with Gasteiger partial charge in [0, 0.05) is 24.1 Å². The number of phenolic OH excluding ortho intramolecular Hbond substituents is 1. The molecule has 10 nitrogen and oxygen atoms in total. The first-order valence-corrected chi connectivity index (χ1v) is 13.9. The van der Waals surface area contributed by atoms with Crippen LogP contribution in [0.2, 0.25) is 0 Å². The molecule has 0 radical (unpaired) electrons. The van der Waals surface area contributed by atoms with Crippen LogP contribution in [0.4, 0.5) is 13.2 Å². The number of hydrogen-bond acceptors (Lipinski definition) is 9. The van der Waals surface area contributed by atoms with E-state index in [4.69, 9.17) is 5.73 Å². The minimum absolute atomic E-state index is 0.293. The van der Waals surface area contributed by atoms with Gasteiger partial charge in [-0.2, -0.15) is 13.2 Å². The summed E-state index contributed by atoms with van der Waals surface area (Å²) in [6, 6.07) is 8.26. The molecule has 3 aliphatic carbocycles. The number of hydrogen-bond donors (Lipinski definition) is 6. The summed E-state index contributed by atoms with van der Waals surface area (Å²) < 4.78 is 44.1. The molecule has 0 saturated carbocycles. The Morgan fingerprint density at radius 1 is 1.16 bits per heavy atom. The fourth-order valence-corrected chi connectivity index (χ4v) is 7.01. The summed E-state index contributed by atoms with van der Waals surface area (Å²) in [5.74, 6) is -9.14. The molecule has 3 aliphatic rings. The maximum Gasteiger partial charge on any atom is 0.417 e. The van der Waals surface area contributed by atoms with Gasteiger partial charge in [0.1, 0.15) is 22.8 Å². The van der Waals surface area contributed by atoms with Crippen LogP contribution >= 0.6 is 0 Å². The zero-order valence-corrected chi connectivity index (χ0v) is 24.1. The first-order chi connectivity index (χ1) is 20.5. The van der Waals surface area contributed by atoms with Crippen molar-refractivity contribution in [3.63, 3.8) is 0 Å². The first kappa shape index (κ1) is 31.2. The molecule has 0 spiro atoms. The van der Waals surface area contributed by atoms with Gasteiger partial charge < -0.3 is 31.5 Å². The summed E-state index contributed by atoms with van der Waals surface area (Å²) in [4.78, 5) is 40.6. The summed E-state index contributed by atoms with van der Waals surface area (Å²) >= 11 is 0. The topological polar surface area (TPSA) is 173 Å². The largest absolute Gasteiger partial charge is 0.510 e. The Balaban J connectivity index is 1.64. The molecule has 5 rings (SSSR count). The van der Waals surface area contributed by atoms with Gasteiger partial charge >= 0.3 is 6.18 Å². The third kappa shape index (κ3) is 4.66. The van der Waals surface area contributed by atoms with Gasteiger partial charge in [-0.3, -0.25) is 19.3 Å². The molecule has 13 heteroatoms. The number of likely N-dealkylation sites (N-methyl/N-ethyl adjacent to an activating group) is 1. The standard InChI is InChI=1S/C31H32F3N3O7/c1-13(14-7-5-4-6-8-14)36-12-16-11-19(38)21-17(23(16)31(32,33)34)9-15-10-18-24(37(2)3)26(40)22(29(35)43)28(42)30(18,44)27(41)20(15)25(21)39/h4-8,11,13,15,18,24,36,38,40-41,44H,9-10,12H2,1-3H3,(H2,35,43)/t13?,15-,18-,24-,30-/m0/s1. The highest BCUT2D eigenvalue weighted by atomic mass is 19.4. The molecule has 2 aromatic rings. The number of carbonyl (C=O) groups excluding carboxylic acids is 3. The summed E-state index contributed by atoms with van der Waals surface area (Å²) in [5.41, 5.74) is -0.813. The zero-order valence-electron chi connectivity index (χ0n) is 24.1. The quantitative estimate of drug-likeness (QED) is 0.267. The number of rotatable bonds is 6.